The minimum atomic E-state index is 1.01. The first-order valence-electron chi connectivity index (χ1n) is 27.7. The number of anilines is 6. The Morgan fingerprint density at radius 3 is 1.65 bits per heavy atom. The molecule has 0 atom stereocenters. The molecule has 0 unspecified atom stereocenters. The average Bonchev–Trinajstić information content (AvgIpc) is 4.28. The highest BCUT2D eigenvalue weighted by molar-refractivity contribution is 6.29. The van der Waals surface area contributed by atoms with Gasteiger partial charge in [0.25, 0.3) is 0 Å². The fourth-order valence-electron chi connectivity index (χ4n) is 13.4. The first-order valence-corrected chi connectivity index (χ1v) is 27.7. The number of benzene rings is 12. The first-order chi connectivity index (χ1) is 40.2. The molecule has 0 aliphatic heterocycles. The maximum Gasteiger partial charge on any atom is 0.0644 e. The molecule has 0 radical (unpaired) electrons. The van der Waals surface area contributed by atoms with E-state index in [0.717, 1.165) is 56.5 Å². The summed E-state index contributed by atoms with van der Waals surface area (Å²) in [4.78, 5) is 13.5. The van der Waals surface area contributed by atoms with Gasteiger partial charge in [0.15, 0.2) is 0 Å². The van der Waals surface area contributed by atoms with E-state index in [2.05, 4.69) is 279 Å². The first kappa shape index (κ1) is 45.2. The lowest BCUT2D eigenvalue weighted by atomic mass is 9.96. The monoisotopic (exact) mass is 1030 g/mol. The molecule has 5 heteroatoms. The van der Waals surface area contributed by atoms with Crippen LogP contribution in [0.3, 0.4) is 0 Å². The highest BCUT2D eigenvalue weighted by Crippen LogP contribution is 2.53. The molecule has 0 amide bonds. The summed E-state index contributed by atoms with van der Waals surface area (Å²) >= 11 is 0. The van der Waals surface area contributed by atoms with Gasteiger partial charge < -0.3 is 14.4 Å². The molecular weight excluding hydrogens is 983 g/mol. The Kier molecular flexibility index (Phi) is 9.94. The quantitative estimate of drug-likeness (QED) is 0.144. The molecule has 12 aromatic carbocycles. The number of para-hydroxylation sites is 2. The summed E-state index contributed by atoms with van der Waals surface area (Å²) < 4.78 is 2.48. The smallest absolute Gasteiger partial charge is 0.0644 e. The van der Waals surface area contributed by atoms with Crippen LogP contribution in [0, 0.1) is 0 Å². The van der Waals surface area contributed by atoms with Crippen molar-refractivity contribution in [1.29, 1.82) is 0 Å². The van der Waals surface area contributed by atoms with Crippen LogP contribution in [0.1, 0.15) is 0 Å². The van der Waals surface area contributed by atoms with E-state index < -0.39 is 0 Å². The van der Waals surface area contributed by atoms with Gasteiger partial charge in [0.2, 0.25) is 0 Å². The Morgan fingerprint density at radius 1 is 0.259 bits per heavy atom. The maximum absolute atomic E-state index is 4.46. The third kappa shape index (κ3) is 7.05. The Bertz CT molecular complexity index is 4990. The van der Waals surface area contributed by atoms with E-state index in [0.29, 0.717) is 0 Å². The van der Waals surface area contributed by atoms with Crippen LogP contribution in [0.2, 0.25) is 0 Å². The highest BCUT2D eigenvalue weighted by Gasteiger charge is 2.28. The molecule has 0 spiro atoms. The van der Waals surface area contributed by atoms with Crippen molar-refractivity contribution in [2.45, 2.75) is 0 Å². The minimum absolute atomic E-state index is 1.01. The van der Waals surface area contributed by atoms with Crippen molar-refractivity contribution in [1.82, 2.24) is 14.5 Å². The van der Waals surface area contributed by atoms with Crippen molar-refractivity contribution in [3.63, 3.8) is 0 Å². The van der Waals surface area contributed by atoms with Crippen molar-refractivity contribution in [3.05, 3.63) is 286 Å². The van der Waals surface area contributed by atoms with Crippen LogP contribution < -0.4 is 9.80 Å². The Labute approximate surface area is 468 Å². The van der Waals surface area contributed by atoms with Gasteiger partial charge in [-0.05, 0) is 214 Å². The van der Waals surface area contributed by atoms with Crippen LogP contribution in [0.5, 0.6) is 0 Å². The van der Waals surface area contributed by atoms with E-state index in [-0.39, 0.29) is 0 Å². The van der Waals surface area contributed by atoms with E-state index in [4.69, 9.17) is 0 Å². The van der Waals surface area contributed by atoms with Crippen molar-refractivity contribution < 1.29 is 0 Å². The van der Waals surface area contributed by atoms with Crippen LogP contribution in [0.4, 0.5) is 34.1 Å². The van der Waals surface area contributed by atoms with Crippen molar-refractivity contribution in [2.75, 3.05) is 9.80 Å². The Hall–Kier alpha value is -10.9. The molecule has 376 valence electrons. The van der Waals surface area contributed by atoms with Crippen LogP contribution >= 0.6 is 0 Å². The van der Waals surface area contributed by atoms with Gasteiger partial charge in [-0.15, -0.1) is 0 Å². The molecule has 3 heterocycles. The third-order valence-corrected chi connectivity index (χ3v) is 16.9. The van der Waals surface area contributed by atoms with E-state index in [1.807, 2.05) is 30.9 Å². The SMILES string of the molecule is c1ccc(N(c2ccc(-c3ccc4c(c3)-c3cc5c(c6cccc-4c36)c3ccc(-c4cccc(N(c6ccncc6)c6ccc7cc8c(cc7c6)-c6cccc7cccc-8c67)c4)cc3n5-c3ccccc3)cc2)c2cccnc2)cc1. The molecule has 0 N–H and O–H groups in total. The van der Waals surface area contributed by atoms with E-state index in [1.165, 1.54) is 104 Å². The summed E-state index contributed by atoms with van der Waals surface area (Å²) in [5.74, 6) is 0. The summed E-state index contributed by atoms with van der Waals surface area (Å²) in [6, 6.07) is 96.0. The van der Waals surface area contributed by atoms with Crippen LogP contribution in [-0.4, -0.2) is 14.5 Å². The molecule has 2 aliphatic carbocycles. The van der Waals surface area contributed by atoms with E-state index in [9.17, 15) is 0 Å². The summed E-state index contributed by atoms with van der Waals surface area (Å²) in [7, 11) is 0. The third-order valence-electron chi connectivity index (χ3n) is 16.9. The molecule has 0 saturated heterocycles. The second-order valence-corrected chi connectivity index (χ2v) is 21.4. The maximum atomic E-state index is 4.46. The zero-order valence-corrected chi connectivity index (χ0v) is 43.9. The average molecular weight is 1030 g/mol. The second kappa shape index (κ2) is 17.8. The fraction of sp³-hybridized carbons (Fsp3) is 0. The lowest BCUT2D eigenvalue weighted by Crippen LogP contribution is -2.10. The largest absolute Gasteiger partial charge is 0.310 e. The number of pyridine rings is 2. The molecule has 5 nitrogen and oxygen atoms in total. The van der Waals surface area contributed by atoms with Gasteiger partial charge in [0.05, 0.1) is 22.9 Å². The standard InChI is InChI=1S/C76H47N5/c1-3-15-55(16-4-1)79(61-20-11-37-78-47-61)57-30-25-48(26-31-57)51-28-33-62-63-23-10-24-67-75(63)71(68(62)42-51)46-73-76(67)66-34-29-53(45-72(66)81(73)56-17-5-2-6-18-56)50-14-7-19-59(40-50)80(58-35-38-77-39-36-58)60-32-27-52-43-69-64-21-8-12-49-13-9-22-65(74(49)64)70(69)44-54(52)41-60/h1-47H. The van der Waals surface area contributed by atoms with Crippen molar-refractivity contribution in [2.24, 2.45) is 0 Å². The predicted octanol–water partition coefficient (Wildman–Crippen LogP) is 20.6. The van der Waals surface area contributed by atoms with Gasteiger partial charge in [-0.3, -0.25) is 9.97 Å². The molecule has 0 fully saturated rings. The number of hydrogen-bond acceptors (Lipinski definition) is 4. The highest BCUT2D eigenvalue weighted by atomic mass is 15.2. The number of aromatic nitrogens is 3. The zero-order valence-electron chi connectivity index (χ0n) is 43.9. The Balaban J connectivity index is 0.776. The van der Waals surface area contributed by atoms with Gasteiger partial charge >= 0.3 is 0 Å². The fourth-order valence-corrected chi connectivity index (χ4v) is 13.4. The van der Waals surface area contributed by atoms with Gasteiger partial charge in [-0.1, -0.05) is 146 Å². The number of fused-ring (bicyclic) bond motifs is 11. The minimum Gasteiger partial charge on any atom is -0.310 e. The number of rotatable bonds is 9. The molecule has 81 heavy (non-hydrogen) atoms. The number of hydrogen-bond donors (Lipinski definition) is 0. The Morgan fingerprint density at radius 2 is 0.864 bits per heavy atom. The number of nitrogens with zero attached hydrogens (tertiary/aromatic N) is 5. The van der Waals surface area contributed by atoms with Crippen molar-refractivity contribution >= 4 is 88.2 Å². The zero-order chi connectivity index (χ0) is 53.1. The summed E-state index contributed by atoms with van der Waals surface area (Å²) in [6.07, 6.45) is 7.50. The molecule has 2 aliphatic rings. The van der Waals surface area contributed by atoms with Gasteiger partial charge in [0.1, 0.15) is 0 Å². The molecule has 3 aromatic heterocycles. The van der Waals surface area contributed by atoms with Crippen LogP contribution in [0.25, 0.3) is 127 Å². The summed E-state index contributed by atoms with van der Waals surface area (Å²) in [6.45, 7) is 0. The van der Waals surface area contributed by atoms with E-state index >= 15 is 0 Å². The molecule has 0 bridgehead atoms. The van der Waals surface area contributed by atoms with Gasteiger partial charge in [-0.2, -0.15) is 0 Å². The van der Waals surface area contributed by atoms with Crippen LogP contribution in [-0.2, 0) is 0 Å². The topological polar surface area (TPSA) is 37.2 Å². The molecule has 15 aromatic rings. The normalized spacial score (nSPS) is 12.0. The molecule has 0 saturated carbocycles. The summed E-state index contributed by atoms with van der Waals surface area (Å²) in [5, 5.41) is 10.1. The van der Waals surface area contributed by atoms with Gasteiger partial charge in [-0.25, -0.2) is 0 Å². The molecular formula is C76H47N5. The second-order valence-electron chi connectivity index (χ2n) is 21.4. The van der Waals surface area contributed by atoms with Crippen LogP contribution in [0.15, 0.2) is 286 Å². The lowest BCUT2D eigenvalue weighted by Gasteiger charge is -2.26. The van der Waals surface area contributed by atoms with Crippen molar-refractivity contribution in [3.8, 4) is 72.4 Å². The summed E-state index contributed by atoms with van der Waals surface area (Å²) in [5.41, 5.74) is 24.8. The van der Waals surface area contributed by atoms with E-state index in [1.54, 1.807) is 0 Å². The van der Waals surface area contributed by atoms with Gasteiger partial charge in [0, 0.05) is 63.5 Å². The predicted molar refractivity (Wildman–Crippen MR) is 338 cm³/mol. The molecule has 17 rings (SSSR count). The lowest BCUT2D eigenvalue weighted by molar-refractivity contribution is 1.18.